The molecule has 2 aliphatic rings. The minimum atomic E-state index is -1.38. The quantitative estimate of drug-likeness (QED) is 0.657. The van der Waals surface area contributed by atoms with Gasteiger partial charge < -0.3 is 15.7 Å². The van der Waals surface area contributed by atoms with E-state index in [1.54, 1.807) is 24.9 Å². The second-order valence-corrected chi connectivity index (χ2v) is 9.66. The maximum absolute atomic E-state index is 14.5. The van der Waals surface area contributed by atoms with Crippen molar-refractivity contribution >= 4 is 41.6 Å². The van der Waals surface area contributed by atoms with Crippen molar-refractivity contribution in [3.63, 3.8) is 0 Å². The summed E-state index contributed by atoms with van der Waals surface area (Å²) in [5, 5.41) is 13.9. The fraction of sp³-hybridized carbons (Fsp3) is 0.588. The van der Waals surface area contributed by atoms with Gasteiger partial charge in [0.05, 0.1) is 11.2 Å². The molecule has 1 unspecified atom stereocenters. The van der Waals surface area contributed by atoms with Crippen LogP contribution in [0.4, 0.5) is 10.3 Å². The first-order valence-electron chi connectivity index (χ1n) is 8.79. The van der Waals surface area contributed by atoms with Gasteiger partial charge in [0.1, 0.15) is 16.8 Å². The molecule has 0 spiro atoms. The lowest BCUT2D eigenvalue weighted by Crippen LogP contribution is -2.58. The summed E-state index contributed by atoms with van der Waals surface area (Å²) in [7, 11) is 0. The largest absolute Gasteiger partial charge is 0.384 e. The fourth-order valence-corrected chi connectivity index (χ4v) is 5.76. The van der Waals surface area contributed by atoms with Crippen LogP contribution in [0.15, 0.2) is 12.3 Å². The maximum Gasteiger partial charge on any atom is 0.226 e. The SMILES string of the molecule is Cc1nc(N2C[C@H]3CSC(N)N[C@@]3(c3ccns3)C2)nc(C(C)(C)O)c1F.Cl. The number of hydrogen-bond acceptors (Lipinski definition) is 9. The number of nitrogens with one attached hydrogen (secondary N) is 1. The molecule has 4 N–H and O–H groups in total. The smallest absolute Gasteiger partial charge is 0.226 e. The molecule has 4 rings (SSSR count). The van der Waals surface area contributed by atoms with E-state index in [4.69, 9.17) is 5.73 Å². The van der Waals surface area contributed by atoms with Crippen LogP contribution in [0, 0.1) is 18.7 Å². The number of hydrogen-bond donors (Lipinski definition) is 3. The van der Waals surface area contributed by atoms with Crippen molar-refractivity contribution in [1.82, 2.24) is 19.7 Å². The highest BCUT2D eigenvalue weighted by Gasteiger charge is 2.52. The Labute approximate surface area is 177 Å². The Balaban J connectivity index is 0.00000225. The van der Waals surface area contributed by atoms with Crippen LogP contribution in [0.25, 0.3) is 0 Å². The van der Waals surface area contributed by atoms with E-state index in [0.29, 0.717) is 18.4 Å². The maximum atomic E-state index is 14.5. The van der Waals surface area contributed by atoms with Gasteiger partial charge in [-0.2, -0.15) is 0 Å². The predicted octanol–water partition coefficient (Wildman–Crippen LogP) is 1.94. The zero-order valence-corrected chi connectivity index (χ0v) is 18.3. The average Bonchev–Trinajstić information content (AvgIpc) is 3.23. The molecule has 2 aromatic heterocycles. The van der Waals surface area contributed by atoms with Gasteiger partial charge >= 0.3 is 0 Å². The summed E-state index contributed by atoms with van der Waals surface area (Å²) in [5.74, 6) is 1.07. The third kappa shape index (κ3) is 3.61. The number of rotatable bonds is 3. The Hall–Kier alpha value is -1.04. The topological polar surface area (TPSA) is 100 Å². The minimum Gasteiger partial charge on any atom is -0.384 e. The second-order valence-electron chi connectivity index (χ2n) is 7.65. The molecule has 2 saturated heterocycles. The van der Waals surface area contributed by atoms with Crippen molar-refractivity contribution in [2.24, 2.45) is 11.7 Å². The molecule has 0 bridgehead atoms. The van der Waals surface area contributed by atoms with Crippen LogP contribution >= 0.6 is 35.7 Å². The number of aromatic nitrogens is 3. The van der Waals surface area contributed by atoms with Crippen molar-refractivity contribution < 1.29 is 9.50 Å². The van der Waals surface area contributed by atoms with E-state index in [2.05, 4.69) is 24.6 Å². The monoisotopic (exact) mass is 446 g/mol. The molecule has 0 saturated carbocycles. The van der Waals surface area contributed by atoms with Gasteiger partial charge in [0.15, 0.2) is 5.82 Å². The lowest BCUT2D eigenvalue weighted by Gasteiger charge is -2.41. The van der Waals surface area contributed by atoms with Crippen LogP contribution in [0.2, 0.25) is 0 Å². The number of halogens is 2. The molecule has 154 valence electrons. The van der Waals surface area contributed by atoms with E-state index in [0.717, 1.165) is 17.2 Å². The molecule has 2 fully saturated rings. The molecular weight excluding hydrogens is 423 g/mol. The fourth-order valence-electron chi connectivity index (χ4n) is 3.83. The number of anilines is 1. The summed E-state index contributed by atoms with van der Waals surface area (Å²) < 4.78 is 18.7. The van der Waals surface area contributed by atoms with Gasteiger partial charge in [0, 0.05) is 35.8 Å². The standard InChI is InChI=1S/C17H23FN6OS2.ClH/c1-9-12(18)13(16(2,3)25)22-15(21-9)24-6-10-7-26-14(19)23-17(10,8-24)11-4-5-20-27-11;/h4-5,10,14,23,25H,6-8,19H2,1-3H3;1H/t10-,14?,17-;/m0./s1. The number of nitrogens with two attached hydrogens (primary N) is 1. The van der Waals surface area contributed by atoms with E-state index in [-0.39, 0.29) is 34.8 Å². The Kier molecular flexibility index (Phi) is 5.92. The van der Waals surface area contributed by atoms with E-state index in [1.807, 2.05) is 6.07 Å². The van der Waals surface area contributed by atoms with E-state index < -0.39 is 11.4 Å². The number of thioether (sulfide) groups is 1. The first kappa shape index (κ1) is 21.7. The van der Waals surface area contributed by atoms with Crippen LogP contribution in [0.1, 0.15) is 30.1 Å². The van der Waals surface area contributed by atoms with Gasteiger partial charge in [0.2, 0.25) is 5.95 Å². The zero-order valence-electron chi connectivity index (χ0n) is 15.8. The van der Waals surface area contributed by atoms with Crippen LogP contribution in [-0.2, 0) is 11.1 Å². The summed E-state index contributed by atoms with van der Waals surface area (Å²) in [4.78, 5) is 11.9. The van der Waals surface area contributed by atoms with Crippen molar-refractivity contribution in [2.75, 3.05) is 23.7 Å². The van der Waals surface area contributed by atoms with Gasteiger partial charge in [-0.1, -0.05) is 0 Å². The lowest BCUT2D eigenvalue weighted by molar-refractivity contribution is 0.0691. The first-order valence-corrected chi connectivity index (χ1v) is 10.6. The third-order valence-electron chi connectivity index (χ3n) is 5.20. The lowest BCUT2D eigenvalue weighted by atomic mass is 9.86. The summed E-state index contributed by atoms with van der Waals surface area (Å²) in [5.41, 5.74) is 4.58. The molecule has 3 atom stereocenters. The van der Waals surface area contributed by atoms with Gasteiger partial charge in [-0.25, -0.2) is 18.7 Å². The molecule has 0 amide bonds. The zero-order chi connectivity index (χ0) is 19.4. The van der Waals surface area contributed by atoms with Crippen molar-refractivity contribution in [3.05, 3.63) is 34.3 Å². The molecule has 11 heteroatoms. The summed E-state index contributed by atoms with van der Waals surface area (Å²) in [6.07, 6.45) is 1.80. The van der Waals surface area contributed by atoms with Gasteiger partial charge in [-0.15, -0.1) is 24.2 Å². The van der Waals surface area contributed by atoms with E-state index >= 15 is 0 Å². The van der Waals surface area contributed by atoms with Gasteiger partial charge in [-0.05, 0) is 38.4 Å². The van der Waals surface area contributed by atoms with Crippen molar-refractivity contribution in [1.29, 1.82) is 0 Å². The minimum absolute atomic E-state index is 0. The molecule has 2 aromatic rings. The Morgan fingerprint density at radius 2 is 2.18 bits per heavy atom. The van der Waals surface area contributed by atoms with Gasteiger partial charge in [0.25, 0.3) is 0 Å². The van der Waals surface area contributed by atoms with Crippen molar-refractivity contribution in [2.45, 2.75) is 37.4 Å². The van der Waals surface area contributed by atoms with Crippen LogP contribution in [0.5, 0.6) is 0 Å². The number of aryl methyl sites for hydroxylation is 1. The summed E-state index contributed by atoms with van der Waals surface area (Å²) in [6, 6.07) is 2.02. The van der Waals surface area contributed by atoms with Gasteiger partial charge in [-0.3, -0.25) is 5.32 Å². The molecule has 28 heavy (non-hydrogen) atoms. The summed E-state index contributed by atoms with van der Waals surface area (Å²) in [6.45, 7) is 6.00. The third-order valence-corrected chi connectivity index (χ3v) is 7.20. The molecule has 2 aliphatic heterocycles. The second kappa shape index (κ2) is 7.66. The van der Waals surface area contributed by atoms with Crippen LogP contribution in [0.3, 0.4) is 0 Å². The molecule has 0 aromatic carbocycles. The molecule has 0 radical (unpaired) electrons. The molecule has 7 nitrogen and oxygen atoms in total. The number of aliphatic hydroxyl groups is 1. The number of nitrogens with zero attached hydrogens (tertiary/aromatic N) is 4. The number of fused-ring (bicyclic) bond motifs is 1. The Morgan fingerprint density at radius 3 is 2.82 bits per heavy atom. The average molecular weight is 447 g/mol. The Morgan fingerprint density at radius 1 is 1.43 bits per heavy atom. The molecule has 4 heterocycles. The van der Waals surface area contributed by atoms with Crippen LogP contribution < -0.4 is 16.0 Å². The molecule has 0 aliphatic carbocycles. The van der Waals surface area contributed by atoms with Crippen LogP contribution in [-0.4, -0.2) is 43.8 Å². The normalized spacial score (nSPS) is 27.4. The highest BCUT2D eigenvalue weighted by Crippen LogP contribution is 2.45. The van der Waals surface area contributed by atoms with E-state index in [9.17, 15) is 9.50 Å². The van der Waals surface area contributed by atoms with Crippen molar-refractivity contribution in [3.8, 4) is 0 Å². The Bertz CT molecular complexity index is 849. The first-order chi connectivity index (χ1) is 12.7. The highest BCUT2D eigenvalue weighted by atomic mass is 35.5. The van der Waals surface area contributed by atoms with E-state index in [1.165, 1.54) is 25.4 Å². The predicted molar refractivity (Wildman–Crippen MR) is 112 cm³/mol. The molecular formula is C17H24ClFN6OS2. The highest BCUT2D eigenvalue weighted by molar-refractivity contribution is 7.99. The summed E-state index contributed by atoms with van der Waals surface area (Å²) >= 11 is 3.15.